The van der Waals surface area contributed by atoms with Crippen molar-refractivity contribution in [2.45, 2.75) is 39.5 Å². The van der Waals surface area contributed by atoms with Crippen LogP contribution in [0.2, 0.25) is 0 Å². The highest BCUT2D eigenvalue weighted by Crippen LogP contribution is 2.21. The molecule has 0 atom stereocenters. The maximum atomic E-state index is 11.7. The average molecular weight is 277 g/mol. The third-order valence-corrected chi connectivity index (χ3v) is 3.20. The number of carbonyl (C=O) groups excluding carboxylic acids is 2. The maximum absolute atomic E-state index is 11.7. The molecule has 0 aromatic heterocycles. The van der Waals surface area contributed by atoms with E-state index in [2.05, 4.69) is 5.32 Å². The van der Waals surface area contributed by atoms with Gasteiger partial charge in [0.05, 0.1) is 5.56 Å². The minimum absolute atomic E-state index is 0.0956. The molecule has 0 radical (unpaired) electrons. The Kier molecular flexibility index (Phi) is 6.94. The number of aliphatic hydroxyl groups excluding tert-OH is 1. The molecule has 20 heavy (non-hydrogen) atoms. The van der Waals surface area contributed by atoms with Crippen LogP contribution < -0.4 is 5.32 Å². The number of rotatable bonds is 9. The number of aliphatic hydroxyl groups is 1. The number of carbonyl (C=O) groups is 2. The summed E-state index contributed by atoms with van der Waals surface area (Å²) in [4.78, 5) is 23.3. The van der Waals surface area contributed by atoms with Gasteiger partial charge in [0.1, 0.15) is 0 Å². The summed E-state index contributed by atoms with van der Waals surface area (Å²) in [5.74, 6) is -0.194. The highest BCUT2D eigenvalue weighted by molar-refractivity contribution is 6.10. The summed E-state index contributed by atoms with van der Waals surface area (Å²) in [5.41, 5.74) is 1.69. The van der Waals surface area contributed by atoms with Crippen molar-refractivity contribution in [2.24, 2.45) is 0 Å². The van der Waals surface area contributed by atoms with Gasteiger partial charge in [0, 0.05) is 24.4 Å². The SMILES string of the molecule is CC(=O)c1cccc(NCCCCCCO)c1C(C)=O. The lowest BCUT2D eigenvalue weighted by molar-refractivity contribution is 0.0981. The molecule has 0 amide bonds. The van der Waals surface area contributed by atoms with Crippen LogP contribution in [0.4, 0.5) is 5.69 Å². The number of nitrogens with one attached hydrogen (secondary N) is 1. The molecule has 0 aliphatic heterocycles. The Morgan fingerprint density at radius 3 is 2.35 bits per heavy atom. The van der Waals surface area contributed by atoms with Crippen LogP contribution in [0.1, 0.15) is 60.2 Å². The Labute approximate surface area is 120 Å². The van der Waals surface area contributed by atoms with E-state index in [4.69, 9.17) is 5.11 Å². The first-order chi connectivity index (χ1) is 9.57. The second-order valence-electron chi connectivity index (χ2n) is 4.91. The van der Waals surface area contributed by atoms with E-state index in [9.17, 15) is 9.59 Å². The van der Waals surface area contributed by atoms with Crippen LogP contribution in [-0.4, -0.2) is 29.8 Å². The van der Waals surface area contributed by atoms with Crippen molar-refractivity contribution < 1.29 is 14.7 Å². The van der Waals surface area contributed by atoms with E-state index in [1.807, 2.05) is 6.07 Å². The molecule has 0 spiro atoms. The van der Waals surface area contributed by atoms with Crippen molar-refractivity contribution >= 4 is 17.3 Å². The molecule has 0 heterocycles. The van der Waals surface area contributed by atoms with Crippen LogP contribution in [0.15, 0.2) is 18.2 Å². The normalized spacial score (nSPS) is 10.3. The van der Waals surface area contributed by atoms with Gasteiger partial charge in [-0.1, -0.05) is 25.0 Å². The molecule has 110 valence electrons. The topological polar surface area (TPSA) is 66.4 Å². The van der Waals surface area contributed by atoms with Crippen molar-refractivity contribution in [1.82, 2.24) is 0 Å². The monoisotopic (exact) mass is 277 g/mol. The third kappa shape index (κ3) is 4.78. The standard InChI is InChI=1S/C16H23NO3/c1-12(19)14-8-7-9-15(16(14)13(2)20)17-10-5-3-4-6-11-18/h7-9,17-18H,3-6,10-11H2,1-2H3. The third-order valence-electron chi connectivity index (χ3n) is 3.20. The Bertz CT molecular complexity index is 469. The van der Waals surface area contributed by atoms with Gasteiger partial charge in [-0.05, 0) is 32.8 Å². The molecule has 2 N–H and O–H groups in total. The van der Waals surface area contributed by atoms with Gasteiger partial charge >= 0.3 is 0 Å². The smallest absolute Gasteiger partial charge is 0.162 e. The van der Waals surface area contributed by atoms with Crippen LogP contribution in [0, 0.1) is 0 Å². The van der Waals surface area contributed by atoms with Gasteiger partial charge in [-0.25, -0.2) is 0 Å². The molecule has 0 aliphatic carbocycles. The predicted octanol–water partition coefficient (Wildman–Crippen LogP) is 3.06. The van der Waals surface area contributed by atoms with E-state index in [-0.39, 0.29) is 18.2 Å². The van der Waals surface area contributed by atoms with E-state index in [0.717, 1.165) is 37.9 Å². The molecule has 0 aliphatic rings. The summed E-state index contributed by atoms with van der Waals surface area (Å²) in [6.07, 6.45) is 3.85. The number of Topliss-reactive ketones (excluding diaryl/α,β-unsaturated/α-hetero) is 2. The lowest BCUT2D eigenvalue weighted by atomic mass is 9.99. The Balaban J connectivity index is 2.67. The molecule has 0 saturated heterocycles. The zero-order valence-electron chi connectivity index (χ0n) is 12.2. The van der Waals surface area contributed by atoms with E-state index in [1.54, 1.807) is 12.1 Å². The minimum Gasteiger partial charge on any atom is -0.396 e. The summed E-state index contributed by atoms with van der Waals surface area (Å²) in [5, 5.41) is 11.9. The summed E-state index contributed by atoms with van der Waals surface area (Å²) < 4.78 is 0. The van der Waals surface area contributed by atoms with Gasteiger partial charge in [-0.2, -0.15) is 0 Å². The van der Waals surface area contributed by atoms with E-state index in [0.29, 0.717) is 11.1 Å². The number of anilines is 1. The van der Waals surface area contributed by atoms with Crippen LogP contribution in [-0.2, 0) is 0 Å². The van der Waals surface area contributed by atoms with Crippen LogP contribution in [0.25, 0.3) is 0 Å². The largest absolute Gasteiger partial charge is 0.396 e. The molecule has 0 unspecified atom stereocenters. The van der Waals surface area contributed by atoms with Crippen molar-refractivity contribution in [3.8, 4) is 0 Å². The summed E-state index contributed by atoms with van der Waals surface area (Å²) >= 11 is 0. The van der Waals surface area contributed by atoms with Gasteiger partial charge in [-0.15, -0.1) is 0 Å². The van der Waals surface area contributed by atoms with Gasteiger partial charge < -0.3 is 10.4 Å². The van der Waals surface area contributed by atoms with E-state index >= 15 is 0 Å². The number of ketones is 2. The summed E-state index contributed by atoms with van der Waals surface area (Å²) in [6.45, 7) is 3.95. The van der Waals surface area contributed by atoms with Crippen molar-refractivity contribution in [3.63, 3.8) is 0 Å². The average Bonchev–Trinajstić information content (AvgIpc) is 2.42. The molecule has 1 rings (SSSR count). The molecular formula is C16H23NO3. The molecule has 4 heteroatoms. The van der Waals surface area contributed by atoms with Crippen LogP contribution >= 0.6 is 0 Å². The summed E-state index contributed by atoms with van der Waals surface area (Å²) in [6, 6.07) is 5.31. The minimum atomic E-state index is -0.0985. The van der Waals surface area contributed by atoms with Crippen LogP contribution in [0.3, 0.4) is 0 Å². The molecule has 4 nitrogen and oxygen atoms in total. The number of hydrogen-bond donors (Lipinski definition) is 2. The zero-order valence-corrected chi connectivity index (χ0v) is 12.2. The Morgan fingerprint density at radius 1 is 1.05 bits per heavy atom. The second kappa shape index (κ2) is 8.48. The summed E-state index contributed by atoms with van der Waals surface area (Å²) in [7, 11) is 0. The first-order valence-corrected chi connectivity index (χ1v) is 7.07. The van der Waals surface area contributed by atoms with Crippen molar-refractivity contribution in [1.29, 1.82) is 0 Å². The second-order valence-corrected chi connectivity index (χ2v) is 4.91. The highest BCUT2D eigenvalue weighted by atomic mass is 16.2. The van der Waals surface area contributed by atoms with Gasteiger partial charge in [0.15, 0.2) is 11.6 Å². The fraction of sp³-hybridized carbons (Fsp3) is 0.500. The van der Waals surface area contributed by atoms with Crippen LogP contribution in [0.5, 0.6) is 0 Å². The van der Waals surface area contributed by atoms with Gasteiger partial charge in [0.2, 0.25) is 0 Å². The van der Waals surface area contributed by atoms with Crippen molar-refractivity contribution in [2.75, 3.05) is 18.5 Å². The van der Waals surface area contributed by atoms with E-state index in [1.165, 1.54) is 13.8 Å². The maximum Gasteiger partial charge on any atom is 0.162 e. The molecule has 0 bridgehead atoms. The Hall–Kier alpha value is -1.68. The fourth-order valence-corrected chi connectivity index (χ4v) is 2.19. The first-order valence-electron chi connectivity index (χ1n) is 7.07. The highest BCUT2D eigenvalue weighted by Gasteiger charge is 2.15. The molecule has 0 saturated carbocycles. The van der Waals surface area contributed by atoms with E-state index < -0.39 is 0 Å². The Morgan fingerprint density at radius 2 is 1.75 bits per heavy atom. The van der Waals surface area contributed by atoms with Crippen molar-refractivity contribution in [3.05, 3.63) is 29.3 Å². The molecular weight excluding hydrogens is 254 g/mol. The van der Waals surface area contributed by atoms with Gasteiger partial charge in [-0.3, -0.25) is 9.59 Å². The number of unbranched alkanes of at least 4 members (excludes halogenated alkanes) is 3. The lowest BCUT2D eigenvalue weighted by Gasteiger charge is -2.13. The quantitative estimate of drug-likeness (QED) is 0.538. The zero-order chi connectivity index (χ0) is 15.0. The lowest BCUT2D eigenvalue weighted by Crippen LogP contribution is -2.11. The molecule has 1 aromatic rings. The first kappa shape index (κ1) is 16.4. The van der Waals surface area contributed by atoms with Gasteiger partial charge in [0.25, 0.3) is 0 Å². The fourth-order valence-electron chi connectivity index (χ4n) is 2.19. The molecule has 1 aromatic carbocycles. The number of benzene rings is 1. The number of hydrogen-bond acceptors (Lipinski definition) is 4. The molecule has 0 fully saturated rings. The predicted molar refractivity (Wildman–Crippen MR) is 80.5 cm³/mol.